The third-order valence-electron chi connectivity index (χ3n) is 2.87. The minimum Gasteiger partial charge on any atom is -0.369 e. The molecule has 0 saturated carbocycles. The first-order valence-electron chi connectivity index (χ1n) is 6.57. The van der Waals surface area contributed by atoms with Crippen molar-refractivity contribution in [1.82, 2.24) is 5.32 Å². The van der Waals surface area contributed by atoms with Crippen LogP contribution in [0.2, 0.25) is 0 Å². The number of hydrogen-bond donors (Lipinski definition) is 1. The molecule has 0 aliphatic heterocycles. The lowest BCUT2D eigenvalue weighted by Crippen LogP contribution is -2.33. The van der Waals surface area contributed by atoms with Gasteiger partial charge in [0.1, 0.15) is 0 Å². The number of nitrogens with one attached hydrogen (secondary N) is 1. The molecule has 2 heteroatoms. The number of hydrogen-bond acceptors (Lipinski definition) is 2. The minimum atomic E-state index is 0.162. The van der Waals surface area contributed by atoms with Crippen molar-refractivity contribution in [2.24, 2.45) is 0 Å². The van der Waals surface area contributed by atoms with Gasteiger partial charge >= 0.3 is 0 Å². The molecule has 1 N–H and O–H groups in total. The molecule has 0 radical (unpaired) electrons. The van der Waals surface area contributed by atoms with Crippen molar-refractivity contribution in [3.8, 4) is 0 Å². The van der Waals surface area contributed by atoms with Crippen molar-refractivity contribution >= 4 is 0 Å². The Bertz CT molecular complexity index is 297. The van der Waals surface area contributed by atoms with E-state index in [9.17, 15) is 0 Å². The van der Waals surface area contributed by atoms with Gasteiger partial charge in [0, 0.05) is 12.6 Å². The van der Waals surface area contributed by atoms with Crippen LogP contribution in [0.25, 0.3) is 0 Å². The molecule has 2 nitrogen and oxygen atoms in total. The van der Waals surface area contributed by atoms with E-state index >= 15 is 0 Å². The van der Waals surface area contributed by atoms with Crippen LogP contribution >= 0.6 is 0 Å². The molecule has 2 unspecified atom stereocenters. The summed E-state index contributed by atoms with van der Waals surface area (Å²) in [6, 6.07) is 10.9. The summed E-state index contributed by atoms with van der Waals surface area (Å²) in [5.41, 5.74) is 1.25. The highest BCUT2D eigenvalue weighted by atomic mass is 16.5. The van der Waals surface area contributed by atoms with E-state index in [1.54, 1.807) is 0 Å². The molecule has 0 amide bonds. The molecule has 0 fully saturated rings. The van der Waals surface area contributed by atoms with Gasteiger partial charge in [-0.1, -0.05) is 51.1 Å². The van der Waals surface area contributed by atoms with Gasteiger partial charge in [-0.2, -0.15) is 0 Å². The van der Waals surface area contributed by atoms with Crippen LogP contribution in [0.4, 0.5) is 0 Å². The fourth-order valence-electron chi connectivity index (χ4n) is 1.75. The van der Waals surface area contributed by atoms with E-state index in [1.165, 1.54) is 5.56 Å². The molecule has 17 heavy (non-hydrogen) atoms. The van der Waals surface area contributed by atoms with E-state index in [0.29, 0.717) is 6.04 Å². The summed E-state index contributed by atoms with van der Waals surface area (Å²) in [6.07, 6.45) is 1.49. The van der Waals surface area contributed by atoms with Gasteiger partial charge in [0.15, 0.2) is 0 Å². The zero-order valence-electron chi connectivity index (χ0n) is 11.4. The summed E-state index contributed by atoms with van der Waals surface area (Å²) in [7, 11) is 0. The van der Waals surface area contributed by atoms with E-state index in [4.69, 9.17) is 4.74 Å². The predicted molar refractivity (Wildman–Crippen MR) is 73.2 cm³/mol. The summed E-state index contributed by atoms with van der Waals surface area (Å²) < 4.78 is 6.07. The molecule has 96 valence electrons. The maximum atomic E-state index is 6.07. The van der Waals surface area contributed by atoms with Gasteiger partial charge in [0.25, 0.3) is 0 Å². The molecule has 2 atom stereocenters. The van der Waals surface area contributed by atoms with Crippen molar-refractivity contribution < 1.29 is 4.74 Å². The Kier molecular flexibility index (Phi) is 6.23. The van der Waals surface area contributed by atoms with Gasteiger partial charge in [-0.3, -0.25) is 0 Å². The molecule has 0 heterocycles. The van der Waals surface area contributed by atoms with E-state index in [2.05, 4.69) is 57.3 Å². The van der Waals surface area contributed by atoms with Crippen molar-refractivity contribution in [3.05, 3.63) is 35.9 Å². The lowest BCUT2D eigenvalue weighted by molar-refractivity contribution is -0.00538. The zero-order chi connectivity index (χ0) is 12.7. The molecule has 0 aromatic heterocycles. The Morgan fingerprint density at radius 2 is 1.76 bits per heavy atom. The van der Waals surface area contributed by atoms with E-state index in [0.717, 1.165) is 13.0 Å². The average Bonchev–Trinajstić information content (AvgIpc) is 2.35. The van der Waals surface area contributed by atoms with Crippen LogP contribution in [-0.2, 0) is 4.74 Å². The number of benzene rings is 1. The van der Waals surface area contributed by atoms with E-state index in [1.807, 2.05) is 6.07 Å². The highest BCUT2D eigenvalue weighted by molar-refractivity contribution is 5.16. The second-order valence-electron chi connectivity index (χ2n) is 4.78. The van der Waals surface area contributed by atoms with E-state index in [-0.39, 0.29) is 12.2 Å². The summed E-state index contributed by atoms with van der Waals surface area (Å²) in [5, 5.41) is 3.43. The molecule has 1 rings (SSSR count). The first-order chi connectivity index (χ1) is 8.13. The predicted octanol–water partition coefficient (Wildman–Crippen LogP) is 3.54. The fraction of sp³-hybridized carbons (Fsp3) is 0.600. The number of rotatable bonds is 7. The summed E-state index contributed by atoms with van der Waals surface area (Å²) in [5.74, 6) is 0. The molecule has 1 aromatic rings. The quantitative estimate of drug-likeness (QED) is 0.780. The minimum absolute atomic E-state index is 0.162. The topological polar surface area (TPSA) is 21.3 Å². The van der Waals surface area contributed by atoms with Gasteiger partial charge in [-0.05, 0) is 18.9 Å². The summed E-state index contributed by atoms with van der Waals surface area (Å²) in [4.78, 5) is 0. The molecule has 1 aromatic carbocycles. The van der Waals surface area contributed by atoms with Crippen molar-refractivity contribution in [3.63, 3.8) is 0 Å². The molecule has 0 aliphatic rings. The zero-order valence-corrected chi connectivity index (χ0v) is 11.4. The molecule has 0 aliphatic carbocycles. The molecule has 0 spiro atoms. The maximum absolute atomic E-state index is 6.07. The highest BCUT2D eigenvalue weighted by Gasteiger charge is 2.13. The van der Waals surface area contributed by atoms with Crippen molar-refractivity contribution in [1.29, 1.82) is 0 Å². The second-order valence-corrected chi connectivity index (χ2v) is 4.78. The Hall–Kier alpha value is -0.860. The van der Waals surface area contributed by atoms with Crippen molar-refractivity contribution in [2.45, 2.75) is 52.4 Å². The summed E-state index contributed by atoms with van der Waals surface area (Å²) >= 11 is 0. The van der Waals surface area contributed by atoms with Gasteiger partial charge in [0.2, 0.25) is 0 Å². The molecular formula is C15H25NO. The second kappa shape index (κ2) is 7.46. The van der Waals surface area contributed by atoms with Crippen LogP contribution in [-0.4, -0.2) is 18.7 Å². The van der Waals surface area contributed by atoms with Gasteiger partial charge in [-0.25, -0.2) is 0 Å². The van der Waals surface area contributed by atoms with Crippen LogP contribution in [0.1, 0.15) is 45.8 Å². The smallest absolute Gasteiger partial charge is 0.0801 e. The highest BCUT2D eigenvalue weighted by Crippen LogP contribution is 2.18. The third-order valence-corrected chi connectivity index (χ3v) is 2.87. The van der Waals surface area contributed by atoms with Crippen LogP contribution in [0.15, 0.2) is 30.3 Å². The normalized spacial score (nSPS) is 14.9. The van der Waals surface area contributed by atoms with Crippen LogP contribution in [0, 0.1) is 0 Å². The standard InChI is InChI=1S/C15H25NO/c1-5-15(11-16-12(2)3)17-13(4)14-9-7-6-8-10-14/h6-10,12-13,15-16H,5,11H2,1-4H3. The average molecular weight is 235 g/mol. The molecule has 0 saturated heterocycles. The third kappa shape index (κ3) is 5.33. The monoisotopic (exact) mass is 235 g/mol. The largest absolute Gasteiger partial charge is 0.369 e. The summed E-state index contributed by atoms with van der Waals surface area (Å²) in [6.45, 7) is 9.53. The van der Waals surface area contributed by atoms with Gasteiger partial charge < -0.3 is 10.1 Å². The fourth-order valence-corrected chi connectivity index (χ4v) is 1.75. The SMILES string of the molecule is CCC(CNC(C)C)OC(C)c1ccccc1. The van der Waals surface area contributed by atoms with Gasteiger partial charge in [0.05, 0.1) is 12.2 Å². The Balaban J connectivity index is 2.45. The first kappa shape index (κ1) is 14.2. The Labute approximate surface area is 105 Å². The van der Waals surface area contributed by atoms with Gasteiger partial charge in [-0.15, -0.1) is 0 Å². The van der Waals surface area contributed by atoms with Crippen molar-refractivity contribution in [2.75, 3.05) is 6.54 Å². The molecule has 0 bridgehead atoms. The van der Waals surface area contributed by atoms with E-state index < -0.39 is 0 Å². The lowest BCUT2D eigenvalue weighted by Gasteiger charge is -2.23. The Morgan fingerprint density at radius 3 is 2.29 bits per heavy atom. The van der Waals surface area contributed by atoms with Crippen LogP contribution in [0.5, 0.6) is 0 Å². The first-order valence-corrected chi connectivity index (χ1v) is 6.57. The Morgan fingerprint density at radius 1 is 1.12 bits per heavy atom. The lowest BCUT2D eigenvalue weighted by atomic mass is 10.1. The molecular weight excluding hydrogens is 210 g/mol. The number of ether oxygens (including phenoxy) is 1. The van der Waals surface area contributed by atoms with Crippen LogP contribution < -0.4 is 5.32 Å². The maximum Gasteiger partial charge on any atom is 0.0801 e. The van der Waals surface area contributed by atoms with Crippen LogP contribution in [0.3, 0.4) is 0 Å².